The van der Waals surface area contributed by atoms with E-state index >= 15 is 0 Å². The maximum absolute atomic E-state index is 12.9. The third-order valence-corrected chi connectivity index (χ3v) is 5.12. The van der Waals surface area contributed by atoms with Gasteiger partial charge in [0.1, 0.15) is 0 Å². The Hall–Kier alpha value is -1.91. The molecule has 5 nitrogen and oxygen atoms in total. The molecule has 3 fully saturated rings. The van der Waals surface area contributed by atoms with Crippen molar-refractivity contribution in [2.75, 3.05) is 13.1 Å². The van der Waals surface area contributed by atoms with Crippen molar-refractivity contribution in [3.63, 3.8) is 0 Å². The summed E-state index contributed by atoms with van der Waals surface area (Å²) in [7, 11) is 0. The van der Waals surface area contributed by atoms with E-state index < -0.39 is 0 Å². The summed E-state index contributed by atoms with van der Waals surface area (Å²) < 4.78 is 0. The normalized spacial score (nSPS) is 28.5. The first-order valence-electron chi connectivity index (χ1n) is 8.24. The second-order valence-electron chi connectivity index (χ2n) is 6.65. The molecule has 3 aliphatic rings. The van der Waals surface area contributed by atoms with Gasteiger partial charge in [-0.3, -0.25) is 14.6 Å². The van der Waals surface area contributed by atoms with E-state index in [0.29, 0.717) is 19.0 Å². The van der Waals surface area contributed by atoms with Crippen LogP contribution >= 0.6 is 0 Å². The number of pyridine rings is 1. The Morgan fingerprint density at radius 1 is 1.18 bits per heavy atom. The Morgan fingerprint density at radius 2 is 1.95 bits per heavy atom. The summed E-state index contributed by atoms with van der Waals surface area (Å²) in [6.45, 7) is 1.43. The topological polar surface area (TPSA) is 53.5 Å². The van der Waals surface area contributed by atoms with E-state index in [1.807, 2.05) is 21.9 Å². The van der Waals surface area contributed by atoms with Crippen LogP contribution in [0.3, 0.4) is 0 Å². The molecule has 1 saturated carbocycles. The van der Waals surface area contributed by atoms with E-state index in [4.69, 9.17) is 0 Å². The van der Waals surface area contributed by atoms with Crippen molar-refractivity contribution in [3.8, 4) is 0 Å². The van der Waals surface area contributed by atoms with Crippen LogP contribution in [0.1, 0.15) is 43.7 Å². The number of hydrogen-bond acceptors (Lipinski definition) is 3. The van der Waals surface area contributed by atoms with Crippen molar-refractivity contribution >= 4 is 11.8 Å². The van der Waals surface area contributed by atoms with Gasteiger partial charge in [-0.25, -0.2) is 0 Å². The highest BCUT2D eigenvalue weighted by Crippen LogP contribution is 2.37. The van der Waals surface area contributed by atoms with E-state index in [2.05, 4.69) is 4.98 Å². The number of aromatic nitrogens is 1. The van der Waals surface area contributed by atoms with Crippen LogP contribution in [0.2, 0.25) is 0 Å². The van der Waals surface area contributed by atoms with E-state index in [-0.39, 0.29) is 23.8 Å². The standard InChI is InChI=1S/C17H21N3O2/c21-16-10-13(11-20(16)14-3-4-14)17(22)19-9-1-2-15(19)12-5-7-18-8-6-12/h5-8,13-15H,1-4,9-11H2/t13-,15-/m1/s1. The van der Waals surface area contributed by atoms with Crippen molar-refractivity contribution in [1.29, 1.82) is 0 Å². The fourth-order valence-electron chi connectivity index (χ4n) is 3.83. The predicted octanol–water partition coefficient (Wildman–Crippen LogP) is 1.76. The van der Waals surface area contributed by atoms with Crippen LogP contribution in [0.5, 0.6) is 0 Å². The molecule has 0 bridgehead atoms. The lowest BCUT2D eigenvalue weighted by atomic mass is 10.0. The van der Waals surface area contributed by atoms with Crippen molar-refractivity contribution in [3.05, 3.63) is 30.1 Å². The molecule has 0 N–H and O–H groups in total. The quantitative estimate of drug-likeness (QED) is 0.854. The van der Waals surface area contributed by atoms with Gasteiger partial charge < -0.3 is 9.80 Å². The first kappa shape index (κ1) is 13.7. The number of hydrogen-bond donors (Lipinski definition) is 0. The maximum Gasteiger partial charge on any atom is 0.228 e. The van der Waals surface area contributed by atoms with Gasteiger partial charge in [-0.2, -0.15) is 0 Å². The lowest BCUT2D eigenvalue weighted by Gasteiger charge is -2.27. The van der Waals surface area contributed by atoms with Gasteiger partial charge in [-0.15, -0.1) is 0 Å². The van der Waals surface area contributed by atoms with Gasteiger partial charge >= 0.3 is 0 Å². The molecule has 22 heavy (non-hydrogen) atoms. The van der Waals surface area contributed by atoms with Gasteiger partial charge in [0.05, 0.1) is 12.0 Å². The van der Waals surface area contributed by atoms with Crippen LogP contribution < -0.4 is 0 Å². The van der Waals surface area contributed by atoms with Gasteiger partial charge in [0.25, 0.3) is 0 Å². The summed E-state index contributed by atoms with van der Waals surface area (Å²) in [4.78, 5) is 33.0. The second-order valence-corrected chi connectivity index (χ2v) is 6.65. The lowest BCUT2D eigenvalue weighted by Crippen LogP contribution is -2.37. The summed E-state index contributed by atoms with van der Waals surface area (Å²) in [5, 5.41) is 0. The van der Waals surface area contributed by atoms with Crippen LogP contribution in [0, 0.1) is 5.92 Å². The minimum Gasteiger partial charge on any atom is -0.339 e. The maximum atomic E-state index is 12.9. The predicted molar refractivity (Wildman–Crippen MR) is 80.8 cm³/mol. The van der Waals surface area contributed by atoms with Crippen molar-refractivity contribution in [1.82, 2.24) is 14.8 Å². The van der Waals surface area contributed by atoms with Gasteiger partial charge in [-0.1, -0.05) is 0 Å². The van der Waals surface area contributed by atoms with Crippen molar-refractivity contribution < 1.29 is 9.59 Å². The zero-order valence-corrected chi connectivity index (χ0v) is 12.6. The highest BCUT2D eigenvalue weighted by atomic mass is 16.2. The van der Waals surface area contributed by atoms with Crippen LogP contribution in [-0.2, 0) is 9.59 Å². The van der Waals surface area contributed by atoms with Crippen molar-refractivity contribution in [2.24, 2.45) is 5.92 Å². The molecular weight excluding hydrogens is 278 g/mol. The average molecular weight is 299 g/mol. The number of carbonyl (C=O) groups excluding carboxylic acids is 2. The molecule has 0 unspecified atom stereocenters. The number of amides is 2. The van der Waals surface area contributed by atoms with E-state index in [9.17, 15) is 9.59 Å². The fraction of sp³-hybridized carbons (Fsp3) is 0.588. The van der Waals surface area contributed by atoms with E-state index in [1.54, 1.807) is 12.4 Å². The zero-order valence-electron chi connectivity index (χ0n) is 12.6. The summed E-state index contributed by atoms with van der Waals surface area (Å²) in [6, 6.07) is 4.56. The number of rotatable bonds is 3. The molecule has 5 heteroatoms. The third-order valence-electron chi connectivity index (χ3n) is 5.12. The molecule has 116 valence electrons. The Bertz CT molecular complexity index is 585. The number of likely N-dealkylation sites (tertiary alicyclic amines) is 2. The molecule has 1 aromatic heterocycles. The number of carbonyl (C=O) groups is 2. The monoisotopic (exact) mass is 299 g/mol. The minimum atomic E-state index is -0.143. The molecule has 4 rings (SSSR count). The first-order chi connectivity index (χ1) is 10.7. The molecule has 1 aliphatic carbocycles. The van der Waals surface area contributed by atoms with Gasteiger partial charge in [0.2, 0.25) is 11.8 Å². The molecule has 0 aromatic carbocycles. The molecule has 2 saturated heterocycles. The Kier molecular flexibility index (Phi) is 3.36. The number of nitrogens with zero attached hydrogens (tertiary/aromatic N) is 3. The van der Waals surface area contributed by atoms with Crippen LogP contribution in [-0.4, -0.2) is 45.7 Å². The molecule has 0 spiro atoms. The second kappa shape index (κ2) is 5.38. The Balaban J connectivity index is 1.49. The minimum absolute atomic E-state index is 0.143. The SMILES string of the molecule is O=C1C[C@@H](C(=O)N2CCC[C@@H]2c2ccncc2)CN1C1CC1. The smallest absolute Gasteiger partial charge is 0.228 e. The van der Waals surface area contributed by atoms with Gasteiger partial charge in [0.15, 0.2) is 0 Å². The van der Waals surface area contributed by atoms with Gasteiger partial charge in [-0.05, 0) is 43.4 Å². The first-order valence-corrected chi connectivity index (χ1v) is 8.24. The highest BCUT2D eigenvalue weighted by molar-refractivity contribution is 5.90. The fourth-order valence-corrected chi connectivity index (χ4v) is 3.83. The third kappa shape index (κ3) is 2.38. The van der Waals surface area contributed by atoms with E-state index in [0.717, 1.165) is 37.8 Å². The highest BCUT2D eigenvalue weighted by Gasteiger charge is 2.44. The molecule has 2 amide bonds. The lowest BCUT2D eigenvalue weighted by molar-refractivity contribution is -0.136. The largest absolute Gasteiger partial charge is 0.339 e. The summed E-state index contributed by atoms with van der Waals surface area (Å²) >= 11 is 0. The van der Waals surface area contributed by atoms with Crippen LogP contribution in [0.15, 0.2) is 24.5 Å². The van der Waals surface area contributed by atoms with Crippen molar-refractivity contribution in [2.45, 2.75) is 44.2 Å². The summed E-state index contributed by atoms with van der Waals surface area (Å²) in [5.74, 6) is 0.187. The molecule has 0 radical (unpaired) electrons. The molecule has 2 atom stereocenters. The molecular formula is C17H21N3O2. The molecule has 3 heterocycles. The molecule has 2 aliphatic heterocycles. The van der Waals surface area contributed by atoms with Crippen LogP contribution in [0.25, 0.3) is 0 Å². The summed E-state index contributed by atoms with van der Waals surface area (Å²) in [6.07, 6.45) is 8.21. The Labute approximate surface area is 130 Å². The summed E-state index contributed by atoms with van der Waals surface area (Å²) in [5.41, 5.74) is 1.16. The zero-order chi connectivity index (χ0) is 15.1. The average Bonchev–Trinajstić information content (AvgIpc) is 3.13. The van der Waals surface area contributed by atoms with Gasteiger partial charge in [0, 0.05) is 37.9 Å². The molecule has 1 aromatic rings. The van der Waals surface area contributed by atoms with E-state index in [1.165, 1.54) is 0 Å². The Morgan fingerprint density at radius 3 is 2.68 bits per heavy atom. The van der Waals surface area contributed by atoms with Crippen LogP contribution in [0.4, 0.5) is 0 Å².